The molecule has 0 aliphatic heterocycles. The third-order valence-corrected chi connectivity index (χ3v) is 4.13. The molecule has 0 spiro atoms. The van der Waals surface area contributed by atoms with Crippen molar-refractivity contribution in [3.05, 3.63) is 34.9 Å². The zero-order valence-corrected chi connectivity index (χ0v) is 12.5. The third-order valence-electron chi connectivity index (χ3n) is 3.87. The molecule has 2 nitrogen and oxygen atoms in total. The number of hydrogen-bond donors (Lipinski definition) is 1. The number of nitrogens with zero attached hydrogens (tertiary/aromatic N) is 1. The van der Waals surface area contributed by atoms with E-state index in [1.807, 2.05) is 38.1 Å². The van der Waals surface area contributed by atoms with Gasteiger partial charge in [-0.3, -0.25) is 4.90 Å². The molecular formula is C15H24ClNO. The maximum atomic E-state index is 10.4. The van der Waals surface area contributed by atoms with Crippen molar-refractivity contribution in [3.8, 4) is 0 Å². The van der Waals surface area contributed by atoms with E-state index in [1.165, 1.54) is 5.56 Å². The molecule has 1 N–H and O–H groups in total. The Kier molecular flexibility index (Phi) is 5.64. The second kappa shape index (κ2) is 6.55. The van der Waals surface area contributed by atoms with Crippen LogP contribution >= 0.6 is 11.6 Å². The molecule has 18 heavy (non-hydrogen) atoms. The van der Waals surface area contributed by atoms with Crippen molar-refractivity contribution in [2.45, 2.75) is 45.3 Å². The Bertz CT molecular complexity index is 359. The molecule has 0 aliphatic carbocycles. The van der Waals surface area contributed by atoms with E-state index in [0.29, 0.717) is 6.54 Å². The minimum absolute atomic E-state index is 0.270. The zero-order chi connectivity index (χ0) is 13.8. The Balaban J connectivity index is 2.72. The van der Waals surface area contributed by atoms with Crippen LogP contribution in [0.4, 0.5) is 0 Å². The highest BCUT2D eigenvalue weighted by Crippen LogP contribution is 2.24. The third kappa shape index (κ3) is 3.98. The maximum Gasteiger partial charge on any atom is 0.0769 e. The Hall–Kier alpha value is -0.570. The van der Waals surface area contributed by atoms with Crippen molar-refractivity contribution < 1.29 is 5.11 Å². The number of benzene rings is 1. The summed E-state index contributed by atoms with van der Waals surface area (Å²) in [5.41, 5.74) is 0.631. The van der Waals surface area contributed by atoms with Crippen molar-refractivity contribution in [1.29, 1.82) is 0 Å². The van der Waals surface area contributed by atoms with Gasteiger partial charge < -0.3 is 5.11 Å². The van der Waals surface area contributed by atoms with Gasteiger partial charge in [-0.2, -0.15) is 0 Å². The lowest BCUT2D eigenvalue weighted by atomic mass is 9.95. The topological polar surface area (TPSA) is 23.5 Å². The molecule has 1 atom stereocenters. The van der Waals surface area contributed by atoms with Gasteiger partial charge in [-0.25, -0.2) is 0 Å². The Morgan fingerprint density at radius 1 is 1.22 bits per heavy atom. The lowest BCUT2D eigenvalue weighted by Crippen LogP contribution is -2.41. The van der Waals surface area contributed by atoms with Gasteiger partial charge >= 0.3 is 0 Å². The SMILES string of the molecule is CCC(O)(CC)CN(C)C(C)c1ccc(Cl)cc1. The molecule has 0 fully saturated rings. The quantitative estimate of drug-likeness (QED) is 0.847. The first kappa shape index (κ1) is 15.5. The maximum absolute atomic E-state index is 10.4. The normalized spacial score (nSPS) is 13.9. The summed E-state index contributed by atoms with van der Waals surface area (Å²) in [6, 6.07) is 8.17. The first-order valence-corrected chi connectivity index (χ1v) is 6.97. The van der Waals surface area contributed by atoms with E-state index in [9.17, 15) is 5.11 Å². The smallest absolute Gasteiger partial charge is 0.0769 e. The molecule has 0 amide bonds. The number of aliphatic hydroxyl groups is 1. The molecule has 0 saturated carbocycles. The van der Waals surface area contributed by atoms with E-state index in [2.05, 4.69) is 18.9 Å². The van der Waals surface area contributed by atoms with Crippen molar-refractivity contribution in [2.75, 3.05) is 13.6 Å². The molecule has 0 saturated heterocycles. The van der Waals surface area contributed by atoms with E-state index in [0.717, 1.165) is 17.9 Å². The summed E-state index contributed by atoms with van der Waals surface area (Å²) in [7, 11) is 2.05. The molecular weight excluding hydrogens is 246 g/mol. The second-order valence-electron chi connectivity index (χ2n) is 5.07. The molecule has 1 rings (SSSR count). The van der Waals surface area contributed by atoms with Gasteiger partial charge in [0.2, 0.25) is 0 Å². The van der Waals surface area contributed by atoms with Gasteiger partial charge in [0.05, 0.1) is 5.60 Å². The largest absolute Gasteiger partial charge is 0.389 e. The average molecular weight is 270 g/mol. The highest BCUT2D eigenvalue weighted by atomic mass is 35.5. The lowest BCUT2D eigenvalue weighted by molar-refractivity contribution is -0.00559. The number of halogens is 1. The molecule has 0 radical (unpaired) electrons. The van der Waals surface area contributed by atoms with Gasteiger partial charge in [0.15, 0.2) is 0 Å². The minimum atomic E-state index is -0.588. The highest BCUT2D eigenvalue weighted by molar-refractivity contribution is 6.30. The van der Waals surface area contributed by atoms with Crippen LogP contribution in [-0.4, -0.2) is 29.2 Å². The van der Waals surface area contributed by atoms with Crippen LogP contribution in [0.1, 0.15) is 45.2 Å². The molecule has 0 aromatic heterocycles. The molecule has 0 aliphatic rings. The van der Waals surface area contributed by atoms with Crippen LogP contribution in [0.15, 0.2) is 24.3 Å². The van der Waals surface area contributed by atoms with Gasteiger partial charge in [0.25, 0.3) is 0 Å². The zero-order valence-electron chi connectivity index (χ0n) is 11.8. The van der Waals surface area contributed by atoms with Crippen LogP contribution in [0, 0.1) is 0 Å². The Morgan fingerprint density at radius 2 is 1.72 bits per heavy atom. The van der Waals surface area contributed by atoms with Crippen LogP contribution in [0.2, 0.25) is 5.02 Å². The molecule has 3 heteroatoms. The van der Waals surface area contributed by atoms with E-state index in [1.54, 1.807) is 0 Å². The van der Waals surface area contributed by atoms with Crippen molar-refractivity contribution in [3.63, 3.8) is 0 Å². The molecule has 1 aromatic rings. The first-order valence-electron chi connectivity index (χ1n) is 6.60. The van der Waals surface area contributed by atoms with E-state index in [4.69, 9.17) is 11.6 Å². The minimum Gasteiger partial charge on any atom is -0.389 e. The van der Waals surface area contributed by atoms with E-state index in [-0.39, 0.29) is 6.04 Å². The Morgan fingerprint density at radius 3 is 2.17 bits per heavy atom. The molecule has 0 bridgehead atoms. The van der Waals surface area contributed by atoms with Gasteiger partial charge in [-0.15, -0.1) is 0 Å². The predicted molar refractivity (Wildman–Crippen MR) is 78.0 cm³/mol. The van der Waals surface area contributed by atoms with E-state index >= 15 is 0 Å². The molecule has 102 valence electrons. The molecule has 1 aromatic carbocycles. The van der Waals surface area contributed by atoms with Crippen LogP contribution in [0.25, 0.3) is 0 Å². The van der Waals surface area contributed by atoms with Gasteiger partial charge in [-0.1, -0.05) is 37.6 Å². The highest BCUT2D eigenvalue weighted by Gasteiger charge is 2.26. The number of likely N-dealkylation sites (N-methyl/N-ethyl adjacent to an activating group) is 1. The average Bonchev–Trinajstić information content (AvgIpc) is 2.38. The summed E-state index contributed by atoms with van der Waals surface area (Å²) >= 11 is 5.89. The Labute approximate surface area is 116 Å². The predicted octanol–water partition coefficient (Wildman–Crippen LogP) is 3.88. The van der Waals surface area contributed by atoms with Crippen molar-refractivity contribution in [2.24, 2.45) is 0 Å². The van der Waals surface area contributed by atoms with Crippen LogP contribution < -0.4 is 0 Å². The van der Waals surface area contributed by atoms with Gasteiger partial charge in [-0.05, 0) is 44.5 Å². The summed E-state index contributed by atoms with van der Waals surface area (Å²) in [6.07, 6.45) is 1.56. The number of hydrogen-bond acceptors (Lipinski definition) is 2. The summed E-state index contributed by atoms with van der Waals surface area (Å²) in [4.78, 5) is 2.19. The summed E-state index contributed by atoms with van der Waals surface area (Å²) in [6.45, 7) is 6.90. The van der Waals surface area contributed by atoms with E-state index < -0.39 is 5.60 Å². The fraction of sp³-hybridized carbons (Fsp3) is 0.600. The standard InChI is InChI=1S/C15H24ClNO/c1-5-15(18,6-2)11-17(4)12(3)13-7-9-14(16)10-8-13/h7-10,12,18H,5-6,11H2,1-4H3. The molecule has 0 heterocycles. The fourth-order valence-corrected chi connectivity index (χ4v) is 2.20. The molecule has 1 unspecified atom stereocenters. The number of rotatable bonds is 6. The first-order chi connectivity index (χ1) is 8.41. The fourth-order valence-electron chi connectivity index (χ4n) is 2.07. The summed E-state index contributed by atoms with van der Waals surface area (Å²) < 4.78 is 0. The summed E-state index contributed by atoms with van der Waals surface area (Å²) in [5.74, 6) is 0. The van der Waals surface area contributed by atoms with Crippen LogP contribution in [0.5, 0.6) is 0 Å². The van der Waals surface area contributed by atoms with Crippen LogP contribution in [-0.2, 0) is 0 Å². The second-order valence-corrected chi connectivity index (χ2v) is 5.51. The summed E-state index contributed by atoms with van der Waals surface area (Å²) in [5, 5.41) is 11.1. The van der Waals surface area contributed by atoms with Gasteiger partial charge in [0, 0.05) is 17.6 Å². The van der Waals surface area contributed by atoms with Crippen molar-refractivity contribution >= 4 is 11.6 Å². The lowest BCUT2D eigenvalue weighted by Gasteiger charge is -2.34. The van der Waals surface area contributed by atoms with Gasteiger partial charge in [0.1, 0.15) is 0 Å². The monoisotopic (exact) mass is 269 g/mol. The van der Waals surface area contributed by atoms with Crippen molar-refractivity contribution in [1.82, 2.24) is 4.90 Å². The van der Waals surface area contributed by atoms with Crippen LogP contribution in [0.3, 0.4) is 0 Å².